The Morgan fingerprint density at radius 2 is 1.81 bits per heavy atom. The number of para-hydroxylation sites is 2. The summed E-state index contributed by atoms with van der Waals surface area (Å²) >= 11 is 0. The largest absolute Gasteiger partial charge is 0.338 e. The Labute approximate surface area is 160 Å². The maximum absolute atomic E-state index is 12.6. The predicted octanol–water partition coefficient (Wildman–Crippen LogP) is 4.74. The molecular formula is C23H27N3O. The van der Waals surface area contributed by atoms with Gasteiger partial charge >= 0.3 is 0 Å². The fraction of sp³-hybridized carbons (Fsp3) is 0.391. The number of likely N-dealkylation sites (tertiary alicyclic amines) is 1. The van der Waals surface area contributed by atoms with Gasteiger partial charge in [0.1, 0.15) is 5.82 Å². The van der Waals surface area contributed by atoms with Gasteiger partial charge in [-0.2, -0.15) is 0 Å². The molecule has 1 fully saturated rings. The molecule has 0 bridgehead atoms. The van der Waals surface area contributed by atoms with Crippen LogP contribution in [-0.4, -0.2) is 26.9 Å². The number of aryl methyl sites for hydroxylation is 1. The van der Waals surface area contributed by atoms with Crippen LogP contribution in [-0.2, 0) is 17.9 Å². The number of imidazole rings is 1. The summed E-state index contributed by atoms with van der Waals surface area (Å²) in [5, 5.41) is 0. The Balaban J connectivity index is 1.58. The summed E-state index contributed by atoms with van der Waals surface area (Å²) < 4.78 is 2.36. The van der Waals surface area contributed by atoms with E-state index in [9.17, 15) is 4.79 Å². The average molecular weight is 361 g/mol. The maximum atomic E-state index is 12.6. The third-order valence-electron chi connectivity index (χ3n) is 5.47. The second kappa shape index (κ2) is 7.95. The molecule has 0 spiro atoms. The van der Waals surface area contributed by atoms with Crippen LogP contribution >= 0.6 is 0 Å². The number of hydrogen-bond donors (Lipinski definition) is 0. The fourth-order valence-corrected chi connectivity index (χ4v) is 4.06. The van der Waals surface area contributed by atoms with E-state index in [1.54, 1.807) is 0 Å². The number of benzene rings is 2. The molecule has 2 heterocycles. The number of hydrogen-bond acceptors (Lipinski definition) is 2. The van der Waals surface area contributed by atoms with Crippen molar-refractivity contribution in [3.8, 4) is 0 Å². The van der Waals surface area contributed by atoms with Gasteiger partial charge in [0.2, 0.25) is 5.91 Å². The number of aromatic nitrogens is 2. The summed E-state index contributed by atoms with van der Waals surface area (Å²) in [5.41, 5.74) is 3.42. The van der Waals surface area contributed by atoms with Crippen LogP contribution in [0.3, 0.4) is 0 Å². The van der Waals surface area contributed by atoms with Crippen LogP contribution in [0.25, 0.3) is 11.0 Å². The molecule has 0 saturated carbocycles. The first-order valence-electron chi connectivity index (χ1n) is 10.0. The highest BCUT2D eigenvalue weighted by atomic mass is 16.2. The van der Waals surface area contributed by atoms with Crippen molar-refractivity contribution in [2.75, 3.05) is 6.54 Å². The number of unbranched alkanes of at least 4 members (excludes halogenated alkanes) is 2. The lowest BCUT2D eigenvalue weighted by Crippen LogP contribution is -2.24. The van der Waals surface area contributed by atoms with Crippen molar-refractivity contribution in [2.24, 2.45) is 0 Å². The second-order valence-electron chi connectivity index (χ2n) is 7.48. The molecule has 0 N–H and O–H groups in total. The van der Waals surface area contributed by atoms with Gasteiger partial charge in [-0.3, -0.25) is 4.79 Å². The van der Waals surface area contributed by atoms with E-state index in [1.807, 2.05) is 29.2 Å². The molecule has 3 aromatic rings. The first kappa shape index (κ1) is 17.8. The predicted molar refractivity (Wildman–Crippen MR) is 108 cm³/mol. The van der Waals surface area contributed by atoms with Crippen molar-refractivity contribution in [1.82, 2.24) is 14.5 Å². The zero-order chi connectivity index (χ0) is 18.6. The van der Waals surface area contributed by atoms with Crippen LogP contribution < -0.4 is 0 Å². The van der Waals surface area contributed by atoms with E-state index in [-0.39, 0.29) is 11.8 Å². The normalized spacial score (nSPS) is 17.1. The number of carbonyl (C=O) groups excluding carboxylic acids is 1. The smallest absolute Gasteiger partial charge is 0.223 e. The minimum atomic E-state index is 0.176. The molecule has 0 unspecified atom stereocenters. The van der Waals surface area contributed by atoms with Gasteiger partial charge in [-0.05, 0) is 24.1 Å². The zero-order valence-corrected chi connectivity index (χ0v) is 16.0. The minimum absolute atomic E-state index is 0.176. The average Bonchev–Trinajstić information content (AvgIpc) is 3.24. The topological polar surface area (TPSA) is 38.1 Å². The summed E-state index contributed by atoms with van der Waals surface area (Å²) in [6.45, 7) is 4.65. The SMILES string of the molecule is CCCCCn1c([C@H]2CC(=O)N(Cc3ccccc3)C2)nc2ccccc21. The third kappa shape index (κ3) is 3.75. The first-order chi connectivity index (χ1) is 13.3. The summed E-state index contributed by atoms with van der Waals surface area (Å²) in [6.07, 6.45) is 4.13. The van der Waals surface area contributed by atoms with Crippen molar-refractivity contribution >= 4 is 16.9 Å². The summed E-state index contributed by atoms with van der Waals surface area (Å²) in [6, 6.07) is 18.6. The Kier molecular flexibility index (Phi) is 5.23. The molecule has 1 aliphatic rings. The van der Waals surface area contributed by atoms with Gasteiger partial charge < -0.3 is 9.47 Å². The van der Waals surface area contributed by atoms with Gasteiger partial charge in [0, 0.05) is 32.0 Å². The van der Waals surface area contributed by atoms with Crippen molar-refractivity contribution < 1.29 is 4.79 Å². The van der Waals surface area contributed by atoms with E-state index in [2.05, 4.69) is 41.8 Å². The first-order valence-corrected chi connectivity index (χ1v) is 10.0. The fourth-order valence-electron chi connectivity index (χ4n) is 4.06. The molecule has 0 aliphatic carbocycles. The van der Waals surface area contributed by atoms with Crippen molar-refractivity contribution in [3.63, 3.8) is 0 Å². The van der Waals surface area contributed by atoms with Gasteiger partial charge in [-0.1, -0.05) is 62.2 Å². The van der Waals surface area contributed by atoms with Crippen LogP contribution in [0.2, 0.25) is 0 Å². The molecule has 1 amide bonds. The van der Waals surface area contributed by atoms with Crippen LogP contribution in [0, 0.1) is 0 Å². The quantitative estimate of drug-likeness (QED) is 0.570. The highest BCUT2D eigenvalue weighted by Crippen LogP contribution is 2.31. The molecule has 2 aromatic carbocycles. The lowest BCUT2D eigenvalue weighted by molar-refractivity contribution is -0.128. The Morgan fingerprint density at radius 1 is 1.04 bits per heavy atom. The molecule has 4 nitrogen and oxygen atoms in total. The third-order valence-corrected chi connectivity index (χ3v) is 5.47. The highest BCUT2D eigenvalue weighted by molar-refractivity contribution is 5.81. The lowest BCUT2D eigenvalue weighted by Gasteiger charge is -2.17. The van der Waals surface area contributed by atoms with Crippen molar-refractivity contribution in [2.45, 2.75) is 51.6 Å². The highest BCUT2D eigenvalue weighted by Gasteiger charge is 2.33. The number of rotatable bonds is 7. The number of amides is 1. The monoisotopic (exact) mass is 361 g/mol. The maximum Gasteiger partial charge on any atom is 0.223 e. The Bertz CT molecular complexity index is 916. The van der Waals surface area contributed by atoms with E-state index in [4.69, 9.17) is 4.98 Å². The standard InChI is InChI=1S/C23H27N3O/c1-2-3-9-14-26-21-13-8-7-12-20(21)24-23(26)19-15-22(27)25(17-19)16-18-10-5-4-6-11-18/h4-8,10-13,19H,2-3,9,14-17H2,1H3/t19-/m0/s1. The molecular weight excluding hydrogens is 334 g/mol. The molecule has 4 rings (SSSR count). The van der Waals surface area contributed by atoms with Crippen molar-refractivity contribution in [3.05, 3.63) is 66.0 Å². The van der Waals surface area contributed by atoms with Crippen molar-refractivity contribution in [1.29, 1.82) is 0 Å². The second-order valence-corrected chi connectivity index (χ2v) is 7.48. The Hall–Kier alpha value is -2.62. The molecule has 27 heavy (non-hydrogen) atoms. The van der Waals surface area contributed by atoms with E-state index < -0.39 is 0 Å². The molecule has 1 atom stereocenters. The zero-order valence-electron chi connectivity index (χ0n) is 16.0. The van der Waals surface area contributed by atoms with Crippen LogP contribution in [0.1, 0.15) is 49.9 Å². The lowest BCUT2D eigenvalue weighted by atomic mass is 10.1. The molecule has 1 aromatic heterocycles. The minimum Gasteiger partial charge on any atom is -0.338 e. The van der Waals surface area contributed by atoms with Gasteiger partial charge in [0.25, 0.3) is 0 Å². The van der Waals surface area contributed by atoms with Crippen LogP contribution in [0.15, 0.2) is 54.6 Å². The molecule has 4 heteroatoms. The molecule has 140 valence electrons. The summed E-state index contributed by atoms with van der Waals surface area (Å²) in [7, 11) is 0. The van der Waals surface area contributed by atoms with Gasteiger partial charge in [-0.25, -0.2) is 4.98 Å². The number of fused-ring (bicyclic) bond motifs is 1. The summed E-state index contributed by atoms with van der Waals surface area (Å²) in [4.78, 5) is 19.6. The van der Waals surface area contributed by atoms with E-state index in [0.29, 0.717) is 13.0 Å². The van der Waals surface area contributed by atoms with E-state index in [1.165, 1.54) is 23.9 Å². The Morgan fingerprint density at radius 3 is 2.63 bits per heavy atom. The number of nitrogens with zero attached hydrogens (tertiary/aromatic N) is 3. The number of carbonyl (C=O) groups is 1. The van der Waals surface area contributed by atoms with Gasteiger partial charge in [-0.15, -0.1) is 0 Å². The van der Waals surface area contributed by atoms with E-state index >= 15 is 0 Å². The van der Waals surface area contributed by atoms with Crippen LogP contribution in [0.4, 0.5) is 0 Å². The van der Waals surface area contributed by atoms with Gasteiger partial charge in [0.15, 0.2) is 0 Å². The van der Waals surface area contributed by atoms with E-state index in [0.717, 1.165) is 30.9 Å². The van der Waals surface area contributed by atoms with Gasteiger partial charge in [0.05, 0.1) is 11.0 Å². The molecule has 1 saturated heterocycles. The van der Waals surface area contributed by atoms with Crippen LogP contribution in [0.5, 0.6) is 0 Å². The molecule has 0 radical (unpaired) electrons. The molecule has 1 aliphatic heterocycles. The summed E-state index contributed by atoms with van der Waals surface area (Å²) in [5.74, 6) is 1.49.